The number of hydrogen-bond acceptors (Lipinski definition) is 4. The highest BCUT2D eigenvalue weighted by Gasteiger charge is 2.43. The molecule has 0 aliphatic carbocycles. The number of fused-ring (bicyclic) bond motifs is 1. The number of nitrogens with zero attached hydrogens (tertiary/aromatic N) is 2. The van der Waals surface area contributed by atoms with Gasteiger partial charge in [0.25, 0.3) is 0 Å². The van der Waals surface area contributed by atoms with Crippen LogP contribution in [0.25, 0.3) is 10.9 Å². The maximum absolute atomic E-state index is 13.6. The van der Waals surface area contributed by atoms with E-state index in [2.05, 4.69) is 10.3 Å². The van der Waals surface area contributed by atoms with Gasteiger partial charge in [0.2, 0.25) is 5.91 Å². The number of hydrogen-bond donors (Lipinski definition) is 1. The summed E-state index contributed by atoms with van der Waals surface area (Å²) in [4.78, 5) is 32.6. The Labute approximate surface area is 202 Å². The summed E-state index contributed by atoms with van der Waals surface area (Å²) in [6.07, 6.45) is 1.66. The molecule has 0 saturated carbocycles. The first-order valence-corrected chi connectivity index (χ1v) is 11.5. The molecule has 6 nitrogen and oxygen atoms in total. The van der Waals surface area contributed by atoms with Crippen LogP contribution in [-0.4, -0.2) is 34.5 Å². The minimum absolute atomic E-state index is 0.110. The molecule has 7 heteroatoms. The van der Waals surface area contributed by atoms with E-state index in [1.165, 1.54) is 17.0 Å². The monoisotopic (exact) mass is 469 g/mol. The van der Waals surface area contributed by atoms with Gasteiger partial charge >= 0.3 is 6.09 Å². The molecule has 5 rings (SSSR count). The van der Waals surface area contributed by atoms with Crippen molar-refractivity contribution < 1.29 is 18.7 Å². The van der Waals surface area contributed by atoms with Gasteiger partial charge in [-0.25, -0.2) is 9.18 Å². The van der Waals surface area contributed by atoms with Gasteiger partial charge in [-0.15, -0.1) is 0 Å². The number of amides is 2. The van der Waals surface area contributed by atoms with Crippen molar-refractivity contribution in [3.63, 3.8) is 0 Å². The molecular formula is C28H24FN3O3. The molecular weight excluding hydrogens is 445 g/mol. The molecule has 176 valence electrons. The molecule has 1 aromatic heterocycles. The van der Waals surface area contributed by atoms with Crippen molar-refractivity contribution >= 4 is 28.6 Å². The first-order chi connectivity index (χ1) is 17.1. The molecule has 0 bridgehead atoms. The van der Waals surface area contributed by atoms with Crippen molar-refractivity contribution in [1.82, 2.24) is 9.88 Å². The van der Waals surface area contributed by atoms with Gasteiger partial charge in [0.15, 0.2) is 0 Å². The molecule has 35 heavy (non-hydrogen) atoms. The van der Waals surface area contributed by atoms with E-state index in [0.29, 0.717) is 24.2 Å². The topological polar surface area (TPSA) is 71.5 Å². The van der Waals surface area contributed by atoms with E-state index in [9.17, 15) is 14.0 Å². The molecule has 3 aromatic carbocycles. The second kappa shape index (κ2) is 9.93. The lowest BCUT2D eigenvalue weighted by Gasteiger charge is -2.27. The first kappa shape index (κ1) is 22.5. The van der Waals surface area contributed by atoms with Crippen molar-refractivity contribution in [1.29, 1.82) is 0 Å². The molecule has 0 spiro atoms. The molecule has 0 unspecified atom stereocenters. The Balaban J connectivity index is 1.42. The van der Waals surface area contributed by atoms with Crippen molar-refractivity contribution in [2.45, 2.75) is 25.0 Å². The van der Waals surface area contributed by atoms with Crippen LogP contribution in [0.2, 0.25) is 0 Å². The number of nitrogens with one attached hydrogen (secondary N) is 1. The highest BCUT2D eigenvalue weighted by atomic mass is 19.1. The average molecular weight is 470 g/mol. The summed E-state index contributed by atoms with van der Waals surface area (Å²) in [5.41, 5.74) is 2.88. The third-order valence-electron chi connectivity index (χ3n) is 6.29. The number of carbonyl (C=O) groups excluding carboxylic acids is 2. The molecule has 1 saturated heterocycles. The molecule has 1 aliphatic rings. The number of carbonyl (C=O) groups is 2. The fourth-order valence-corrected chi connectivity index (χ4v) is 4.59. The number of benzene rings is 3. The predicted molar refractivity (Wildman–Crippen MR) is 131 cm³/mol. The highest BCUT2D eigenvalue weighted by Crippen LogP contribution is 2.35. The van der Waals surface area contributed by atoms with E-state index >= 15 is 0 Å². The fraction of sp³-hybridized carbons (Fsp3) is 0.179. The zero-order chi connectivity index (χ0) is 24.2. The van der Waals surface area contributed by atoms with Crippen LogP contribution in [0.1, 0.15) is 23.5 Å². The molecule has 1 aliphatic heterocycles. The molecule has 1 fully saturated rings. The minimum atomic E-state index is -0.817. The summed E-state index contributed by atoms with van der Waals surface area (Å²) >= 11 is 0. The van der Waals surface area contributed by atoms with Crippen molar-refractivity contribution in [2.24, 2.45) is 0 Å². The Hall–Kier alpha value is -4.26. The third-order valence-corrected chi connectivity index (χ3v) is 6.29. The van der Waals surface area contributed by atoms with Gasteiger partial charge in [-0.1, -0.05) is 60.7 Å². The average Bonchev–Trinajstić information content (AvgIpc) is 3.34. The summed E-state index contributed by atoms with van der Waals surface area (Å²) in [6.45, 7) is 0.459. The molecule has 2 heterocycles. The van der Waals surface area contributed by atoms with E-state index in [1.807, 2.05) is 54.6 Å². The SMILES string of the molecule is O=C(Nc1cccc2cccnc12)[C@@H]1[C@H](c2ccc(F)cc2)CCN1C(=O)OCc1ccccc1. The molecule has 4 aromatic rings. The summed E-state index contributed by atoms with van der Waals surface area (Å²) < 4.78 is 19.1. The van der Waals surface area contributed by atoms with Crippen LogP contribution in [0.15, 0.2) is 91.1 Å². The van der Waals surface area contributed by atoms with Gasteiger partial charge in [0.1, 0.15) is 18.5 Å². The van der Waals surface area contributed by atoms with Gasteiger partial charge in [0.05, 0.1) is 11.2 Å². The lowest BCUT2D eigenvalue weighted by atomic mass is 9.91. The molecule has 1 N–H and O–H groups in total. The Morgan fingerprint density at radius 2 is 1.74 bits per heavy atom. The Morgan fingerprint density at radius 3 is 2.54 bits per heavy atom. The Morgan fingerprint density at radius 1 is 0.971 bits per heavy atom. The molecule has 2 amide bonds. The van der Waals surface area contributed by atoms with Crippen LogP contribution < -0.4 is 5.32 Å². The van der Waals surface area contributed by atoms with E-state index < -0.39 is 12.1 Å². The second-order valence-electron chi connectivity index (χ2n) is 8.50. The van der Waals surface area contributed by atoms with Crippen LogP contribution in [0, 0.1) is 5.82 Å². The van der Waals surface area contributed by atoms with Crippen LogP contribution in [0.5, 0.6) is 0 Å². The van der Waals surface area contributed by atoms with Crippen LogP contribution in [-0.2, 0) is 16.1 Å². The Kier molecular flexibility index (Phi) is 6.39. The van der Waals surface area contributed by atoms with Crippen LogP contribution >= 0.6 is 0 Å². The van der Waals surface area contributed by atoms with Gasteiger partial charge in [-0.05, 0) is 41.8 Å². The summed E-state index contributed by atoms with van der Waals surface area (Å²) in [5.74, 6) is -0.997. The Bertz CT molecular complexity index is 1340. The number of likely N-dealkylation sites (tertiary alicyclic amines) is 1. The van der Waals surface area contributed by atoms with Gasteiger partial charge in [-0.3, -0.25) is 14.7 Å². The van der Waals surface area contributed by atoms with Crippen LogP contribution in [0.3, 0.4) is 0 Å². The quantitative estimate of drug-likeness (QED) is 0.419. The first-order valence-electron chi connectivity index (χ1n) is 11.5. The molecule has 0 radical (unpaired) electrons. The van der Waals surface area contributed by atoms with Crippen molar-refractivity contribution in [3.8, 4) is 0 Å². The highest BCUT2D eigenvalue weighted by molar-refractivity contribution is 6.03. The van der Waals surface area contributed by atoms with E-state index in [-0.39, 0.29) is 24.2 Å². The number of pyridine rings is 1. The van der Waals surface area contributed by atoms with Gasteiger partial charge < -0.3 is 10.1 Å². The number of anilines is 1. The summed E-state index contributed by atoms with van der Waals surface area (Å²) in [7, 11) is 0. The molecule has 2 atom stereocenters. The van der Waals surface area contributed by atoms with E-state index in [0.717, 1.165) is 16.5 Å². The fourth-order valence-electron chi connectivity index (χ4n) is 4.59. The lowest BCUT2D eigenvalue weighted by molar-refractivity contribution is -0.120. The largest absolute Gasteiger partial charge is 0.445 e. The zero-order valence-corrected chi connectivity index (χ0v) is 18.9. The lowest BCUT2D eigenvalue weighted by Crippen LogP contribution is -2.45. The van der Waals surface area contributed by atoms with Gasteiger partial charge in [0, 0.05) is 24.0 Å². The van der Waals surface area contributed by atoms with Crippen molar-refractivity contribution in [2.75, 3.05) is 11.9 Å². The van der Waals surface area contributed by atoms with Crippen molar-refractivity contribution in [3.05, 3.63) is 108 Å². The maximum Gasteiger partial charge on any atom is 0.410 e. The van der Waals surface area contributed by atoms with Gasteiger partial charge in [-0.2, -0.15) is 0 Å². The standard InChI is InChI=1S/C28H24FN3O3/c29-22-13-11-20(12-14-22)23-15-17-32(28(34)35-18-19-6-2-1-3-7-19)26(23)27(33)31-24-10-4-8-21-9-5-16-30-25(21)24/h1-14,16,23,26H,15,17-18H2,(H,31,33)/t23-,26-/m0/s1. The van der Waals surface area contributed by atoms with E-state index in [1.54, 1.807) is 24.4 Å². The summed E-state index contributed by atoms with van der Waals surface area (Å²) in [5, 5.41) is 3.87. The number of rotatable bonds is 5. The third kappa shape index (κ3) is 4.84. The number of halogens is 1. The number of aromatic nitrogens is 1. The predicted octanol–water partition coefficient (Wildman–Crippen LogP) is 5.51. The minimum Gasteiger partial charge on any atom is -0.445 e. The summed E-state index contributed by atoms with van der Waals surface area (Å²) in [6, 6.07) is 23.9. The number of ether oxygens (including phenoxy) is 1. The number of para-hydroxylation sites is 1. The van der Waals surface area contributed by atoms with Crippen LogP contribution in [0.4, 0.5) is 14.9 Å². The zero-order valence-electron chi connectivity index (χ0n) is 18.9. The maximum atomic E-state index is 13.6. The second-order valence-corrected chi connectivity index (χ2v) is 8.50. The normalized spacial score (nSPS) is 17.3. The smallest absolute Gasteiger partial charge is 0.410 e. The van der Waals surface area contributed by atoms with E-state index in [4.69, 9.17) is 4.74 Å².